The number of carbonyl (C=O) groups is 2. The predicted molar refractivity (Wildman–Crippen MR) is 54.2 cm³/mol. The van der Waals surface area contributed by atoms with Crippen LogP contribution >= 0.6 is 31.9 Å². The molecule has 0 aliphatic carbocycles. The molecule has 0 bridgehead atoms. The summed E-state index contributed by atoms with van der Waals surface area (Å²) >= 11 is 5.70. The molecule has 4 nitrogen and oxygen atoms in total. The molecule has 0 spiro atoms. The molecule has 6 heteroatoms. The Bertz CT molecular complexity index is 197. The summed E-state index contributed by atoms with van der Waals surface area (Å²) in [4.78, 5) is 20.8. The van der Waals surface area contributed by atoms with Gasteiger partial charge in [0.05, 0.1) is 0 Å². The van der Waals surface area contributed by atoms with Crippen molar-refractivity contribution in [2.24, 2.45) is 0 Å². The highest BCUT2D eigenvalue weighted by atomic mass is 79.9. The Morgan fingerprint density at radius 2 is 1.69 bits per heavy atom. The van der Waals surface area contributed by atoms with Crippen LogP contribution in [0, 0.1) is 0 Å². The molecule has 0 aliphatic heterocycles. The van der Waals surface area contributed by atoms with Gasteiger partial charge in [-0.1, -0.05) is 15.9 Å². The molecule has 0 aromatic rings. The summed E-state index contributed by atoms with van der Waals surface area (Å²) in [5.41, 5.74) is 0. The van der Waals surface area contributed by atoms with E-state index >= 15 is 0 Å². The molecule has 0 rings (SSSR count). The van der Waals surface area contributed by atoms with Crippen molar-refractivity contribution in [3.8, 4) is 0 Å². The van der Waals surface area contributed by atoms with Gasteiger partial charge >= 0.3 is 10.8 Å². The third-order valence-electron chi connectivity index (χ3n) is 1.02. The van der Waals surface area contributed by atoms with E-state index in [-0.39, 0.29) is 13.2 Å². The summed E-state index contributed by atoms with van der Waals surface area (Å²) in [6.07, 6.45) is 0. The maximum absolute atomic E-state index is 11.1. The fourth-order valence-electron chi connectivity index (χ4n) is 0.428. The quantitative estimate of drug-likeness (QED) is 0.345. The van der Waals surface area contributed by atoms with Crippen LogP contribution in [0.4, 0.5) is 4.79 Å². The van der Waals surface area contributed by atoms with E-state index in [0.29, 0.717) is 0 Å². The van der Waals surface area contributed by atoms with Crippen molar-refractivity contribution in [1.29, 1.82) is 0 Å². The number of ether oxygens (including phenoxy) is 2. The average Bonchev–Trinajstić information content (AvgIpc) is 1.95. The van der Waals surface area contributed by atoms with Crippen molar-refractivity contribution in [2.75, 3.05) is 13.2 Å². The van der Waals surface area contributed by atoms with E-state index in [1.54, 1.807) is 13.8 Å². The molecule has 0 aliphatic rings. The Labute approximate surface area is 93.2 Å². The number of halogens is 2. The topological polar surface area (TPSA) is 52.6 Å². The highest BCUT2D eigenvalue weighted by molar-refractivity contribution is 9.18. The number of hydrogen-bond acceptors (Lipinski definition) is 4. The van der Waals surface area contributed by atoms with Gasteiger partial charge in [0.1, 0.15) is 17.5 Å². The molecule has 0 saturated carbocycles. The molecular formula is C7H10Br2O4. The minimum Gasteiger partial charge on any atom is -0.461 e. The molecule has 0 aromatic heterocycles. The maximum atomic E-state index is 11.1. The summed E-state index contributed by atoms with van der Waals surface area (Å²) in [7, 11) is 0. The zero-order valence-corrected chi connectivity index (χ0v) is 10.5. The van der Waals surface area contributed by atoms with E-state index in [9.17, 15) is 9.59 Å². The Kier molecular flexibility index (Phi) is 5.55. The second-order valence-corrected chi connectivity index (χ2v) is 5.32. The third kappa shape index (κ3) is 7.01. The molecule has 0 aromatic carbocycles. The van der Waals surface area contributed by atoms with Crippen LogP contribution in [0.1, 0.15) is 13.8 Å². The smallest absolute Gasteiger partial charge is 0.374 e. The molecular weight excluding hydrogens is 308 g/mol. The monoisotopic (exact) mass is 316 g/mol. The van der Waals surface area contributed by atoms with Gasteiger partial charge in [-0.3, -0.25) is 4.79 Å². The molecule has 76 valence electrons. The summed E-state index contributed by atoms with van der Waals surface area (Å²) in [6.45, 7) is 3.46. The number of rotatable bonds is 4. The fourth-order valence-corrected chi connectivity index (χ4v) is 0.704. The van der Waals surface area contributed by atoms with Crippen LogP contribution in [0.5, 0.6) is 0 Å². The molecule has 0 unspecified atom stereocenters. The summed E-state index contributed by atoms with van der Waals surface area (Å²) in [5, 5.41) is 0. The highest BCUT2D eigenvalue weighted by Crippen LogP contribution is 2.17. The van der Waals surface area contributed by atoms with Gasteiger partial charge in [0.2, 0.25) is 0 Å². The second kappa shape index (κ2) is 5.59. The normalized spacial score (nSPS) is 10.8. The molecule has 0 N–H and O–H groups in total. The largest absolute Gasteiger partial charge is 0.461 e. The Morgan fingerprint density at radius 3 is 2.08 bits per heavy atom. The number of esters is 1. The Balaban J connectivity index is 3.55. The van der Waals surface area contributed by atoms with Crippen LogP contribution in [0.25, 0.3) is 0 Å². The fraction of sp³-hybridized carbons (Fsp3) is 0.714. The van der Waals surface area contributed by atoms with Crippen LogP contribution in [-0.4, -0.2) is 28.4 Å². The lowest BCUT2D eigenvalue weighted by atomic mass is 10.2. The molecule has 0 saturated heterocycles. The van der Waals surface area contributed by atoms with Crippen LogP contribution < -0.4 is 0 Å². The number of carbonyl (C=O) groups excluding carboxylic acids is 2. The first-order chi connectivity index (χ1) is 5.84. The third-order valence-corrected chi connectivity index (χ3v) is 1.57. The SMILES string of the molecule is CC(C)(Br)C(=O)OCCOC(=O)Br. The second-order valence-electron chi connectivity index (χ2n) is 2.69. The van der Waals surface area contributed by atoms with Crippen molar-refractivity contribution >= 4 is 42.7 Å². The Morgan fingerprint density at radius 1 is 1.23 bits per heavy atom. The van der Waals surface area contributed by atoms with Crippen LogP contribution in [0.15, 0.2) is 0 Å². The van der Waals surface area contributed by atoms with Crippen molar-refractivity contribution in [3.63, 3.8) is 0 Å². The standard InChI is InChI=1S/C7H10Br2O4/c1-7(2,9)5(10)12-3-4-13-6(8)11/h3-4H2,1-2H3. The van der Waals surface area contributed by atoms with Gasteiger partial charge in [0.25, 0.3) is 0 Å². The van der Waals surface area contributed by atoms with Gasteiger partial charge in [-0.15, -0.1) is 0 Å². The molecule has 0 fully saturated rings. The zero-order valence-electron chi connectivity index (χ0n) is 7.30. The van der Waals surface area contributed by atoms with Gasteiger partial charge in [-0.25, -0.2) is 4.79 Å². The first kappa shape index (κ1) is 12.9. The minimum atomic E-state index is -0.703. The highest BCUT2D eigenvalue weighted by Gasteiger charge is 2.25. The molecule has 13 heavy (non-hydrogen) atoms. The minimum absolute atomic E-state index is 0.0545. The summed E-state index contributed by atoms with van der Waals surface area (Å²) in [5.74, 6) is -0.391. The predicted octanol–water partition coefficient (Wildman–Crippen LogP) is 2.23. The van der Waals surface area contributed by atoms with Crippen LogP contribution in [0.2, 0.25) is 0 Å². The first-order valence-corrected chi connectivity index (χ1v) is 5.11. The maximum Gasteiger partial charge on any atom is 0.374 e. The Hall–Kier alpha value is -0.100. The average molecular weight is 318 g/mol. The molecule has 0 radical (unpaired) electrons. The van der Waals surface area contributed by atoms with E-state index in [2.05, 4.69) is 36.6 Å². The number of alkyl halides is 1. The van der Waals surface area contributed by atoms with Crippen LogP contribution in [0.3, 0.4) is 0 Å². The molecule has 0 amide bonds. The zero-order chi connectivity index (χ0) is 10.5. The van der Waals surface area contributed by atoms with Gasteiger partial charge in [0.15, 0.2) is 0 Å². The van der Waals surface area contributed by atoms with Crippen molar-refractivity contribution < 1.29 is 19.1 Å². The van der Waals surface area contributed by atoms with E-state index in [1.165, 1.54) is 0 Å². The van der Waals surface area contributed by atoms with Crippen molar-refractivity contribution in [3.05, 3.63) is 0 Å². The van der Waals surface area contributed by atoms with E-state index in [4.69, 9.17) is 4.74 Å². The lowest BCUT2D eigenvalue weighted by Crippen LogP contribution is -2.27. The molecule has 0 heterocycles. The van der Waals surface area contributed by atoms with E-state index in [1.807, 2.05) is 0 Å². The van der Waals surface area contributed by atoms with E-state index in [0.717, 1.165) is 0 Å². The van der Waals surface area contributed by atoms with Gasteiger partial charge in [-0.2, -0.15) is 0 Å². The lowest BCUT2D eigenvalue weighted by Gasteiger charge is -2.14. The lowest BCUT2D eigenvalue weighted by molar-refractivity contribution is -0.146. The van der Waals surface area contributed by atoms with E-state index < -0.39 is 15.2 Å². The molecule has 0 atom stereocenters. The van der Waals surface area contributed by atoms with Crippen molar-refractivity contribution in [2.45, 2.75) is 18.2 Å². The van der Waals surface area contributed by atoms with Crippen molar-refractivity contribution in [1.82, 2.24) is 0 Å². The summed E-state index contributed by atoms with van der Waals surface area (Å²) < 4.78 is 8.56. The first-order valence-electron chi connectivity index (χ1n) is 3.52. The van der Waals surface area contributed by atoms with Gasteiger partial charge in [-0.05, 0) is 13.8 Å². The van der Waals surface area contributed by atoms with Gasteiger partial charge in [0, 0.05) is 15.9 Å². The summed E-state index contributed by atoms with van der Waals surface area (Å²) in [6, 6.07) is 0. The van der Waals surface area contributed by atoms with Crippen LogP contribution in [-0.2, 0) is 14.3 Å². The van der Waals surface area contributed by atoms with Gasteiger partial charge < -0.3 is 9.47 Å². The number of hydrogen-bond donors (Lipinski definition) is 0.